The lowest BCUT2D eigenvalue weighted by atomic mass is 10.2. The van der Waals surface area contributed by atoms with E-state index in [9.17, 15) is 9.59 Å². The van der Waals surface area contributed by atoms with Gasteiger partial charge in [0.15, 0.2) is 0 Å². The van der Waals surface area contributed by atoms with Crippen molar-refractivity contribution in [3.8, 4) is 0 Å². The molecule has 1 unspecified atom stereocenters. The van der Waals surface area contributed by atoms with Crippen molar-refractivity contribution >= 4 is 17.7 Å². The number of thioether (sulfide) groups is 1. The molecule has 0 saturated heterocycles. The minimum atomic E-state index is -0.260. The SMILES string of the molecule is CSCCC(C)NC(=O)c1cc[nH]c(=O)c1. The highest BCUT2D eigenvalue weighted by molar-refractivity contribution is 7.98. The van der Waals surface area contributed by atoms with Crippen LogP contribution in [0.1, 0.15) is 23.7 Å². The van der Waals surface area contributed by atoms with Gasteiger partial charge in [0.1, 0.15) is 0 Å². The molecule has 16 heavy (non-hydrogen) atoms. The smallest absolute Gasteiger partial charge is 0.251 e. The molecule has 0 aliphatic carbocycles. The number of carbonyl (C=O) groups is 1. The van der Waals surface area contributed by atoms with Crippen molar-refractivity contribution in [1.82, 2.24) is 10.3 Å². The lowest BCUT2D eigenvalue weighted by molar-refractivity contribution is 0.0939. The summed E-state index contributed by atoms with van der Waals surface area (Å²) in [6.45, 7) is 1.96. The van der Waals surface area contributed by atoms with Gasteiger partial charge < -0.3 is 10.3 Å². The van der Waals surface area contributed by atoms with Gasteiger partial charge >= 0.3 is 0 Å². The summed E-state index contributed by atoms with van der Waals surface area (Å²) in [4.78, 5) is 25.2. The van der Waals surface area contributed by atoms with Gasteiger partial charge in [-0.25, -0.2) is 0 Å². The number of pyridine rings is 1. The van der Waals surface area contributed by atoms with Crippen LogP contribution in [0.2, 0.25) is 0 Å². The molecule has 0 spiro atoms. The van der Waals surface area contributed by atoms with Gasteiger partial charge in [0.2, 0.25) is 5.56 Å². The minimum absolute atomic E-state index is 0.124. The zero-order valence-corrected chi connectivity index (χ0v) is 10.3. The average Bonchev–Trinajstić information content (AvgIpc) is 2.26. The maximum Gasteiger partial charge on any atom is 0.251 e. The van der Waals surface area contributed by atoms with Crippen LogP contribution in [0.5, 0.6) is 0 Å². The predicted octanol–water partition coefficient (Wildman–Crippen LogP) is 1.25. The summed E-state index contributed by atoms with van der Waals surface area (Å²) >= 11 is 1.75. The number of carbonyl (C=O) groups excluding carboxylic acids is 1. The lowest BCUT2D eigenvalue weighted by Crippen LogP contribution is -2.33. The van der Waals surface area contributed by atoms with Crippen molar-refractivity contribution in [1.29, 1.82) is 0 Å². The van der Waals surface area contributed by atoms with E-state index in [0.717, 1.165) is 12.2 Å². The van der Waals surface area contributed by atoms with Gasteiger partial charge in [-0.15, -0.1) is 0 Å². The van der Waals surface area contributed by atoms with Crippen molar-refractivity contribution in [3.05, 3.63) is 34.2 Å². The molecule has 1 aromatic rings. The van der Waals surface area contributed by atoms with Crippen LogP contribution in [0, 0.1) is 0 Å². The molecule has 0 saturated carbocycles. The van der Waals surface area contributed by atoms with Crippen LogP contribution in [0.15, 0.2) is 23.1 Å². The molecule has 1 aromatic heterocycles. The molecule has 88 valence electrons. The summed E-state index contributed by atoms with van der Waals surface area (Å²) in [5.74, 6) is 0.816. The maximum atomic E-state index is 11.7. The monoisotopic (exact) mass is 240 g/mol. The summed E-state index contributed by atoms with van der Waals surface area (Å²) in [5.41, 5.74) is 0.143. The molecular weight excluding hydrogens is 224 g/mol. The van der Waals surface area contributed by atoms with Crippen LogP contribution in [-0.2, 0) is 0 Å². The van der Waals surface area contributed by atoms with Gasteiger partial charge in [0, 0.05) is 23.9 Å². The molecule has 1 amide bonds. The standard InChI is InChI=1S/C11H16N2O2S/c1-8(4-6-16-2)13-11(15)9-3-5-12-10(14)7-9/h3,5,7-8H,4,6H2,1-2H3,(H,12,14)(H,13,15). The second-order valence-electron chi connectivity index (χ2n) is 3.60. The first-order valence-corrected chi connectivity index (χ1v) is 6.51. The largest absolute Gasteiger partial charge is 0.350 e. The summed E-state index contributed by atoms with van der Waals surface area (Å²) < 4.78 is 0. The molecular formula is C11H16N2O2S. The van der Waals surface area contributed by atoms with Gasteiger partial charge in [0.05, 0.1) is 0 Å². The third kappa shape index (κ3) is 4.10. The van der Waals surface area contributed by atoms with Crippen molar-refractivity contribution in [2.45, 2.75) is 19.4 Å². The highest BCUT2D eigenvalue weighted by atomic mass is 32.2. The molecule has 2 N–H and O–H groups in total. The summed E-state index contributed by atoms with van der Waals surface area (Å²) in [7, 11) is 0. The molecule has 1 atom stereocenters. The Labute approximate surface area is 98.8 Å². The van der Waals surface area contributed by atoms with Gasteiger partial charge in [-0.2, -0.15) is 11.8 Å². The Hall–Kier alpha value is -1.23. The Morgan fingerprint density at radius 2 is 2.38 bits per heavy atom. The molecule has 0 aromatic carbocycles. The third-order valence-corrected chi connectivity index (χ3v) is 2.81. The first-order valence-electron chi connectivity index (χ1n) is 5.12. The summed E-state index contributed by atoms with van der Waals surface area (Å²) in [5, 5.41) is 2.85. The quantitative estimate of drug-likeness (QED) is 0.814. The number of nitrogens with one attached hydrogen (secondary N) is 2. The molecule has 0 bridgehead atoms. The van der Waals surface area contributed by atoms with E-state index in [0.29, 0.717) is 5.56 Å². The Balaban J connectivity index is 2.55. The van der Waals surface area contributed by atoms with E-state index >= 15 is 0 Å². The Morgan fingerprint density at radius 3 is 3.00 bits per heavy atom. The van der Waals surface area contributed by atoms with Crippen molar-refractivity contribution in [2.24, 2.45) is 0 Å². The van der Waals surface area contributed by atoms with Crippen molar-refractivity contribution in [3.63, 3.8) is 0 Å². The molecule has 1 rings (SSSR count). The van der Waals surface area contributed by atoms with Gasteiger partial charge in [0.25, 0.3) is 5.91 Å². The topological polar surface area (TPSA) is 62.0 Å². The number of aromatic nitrogens is 1. The fraction of sp³-hybridized carbons (Fsp3) is 0.455. The van der Waals surface area contributed by atoms with Crippen LogP contribution in [0.25, 0.3) is 0 Å². The summed E-state index contributed by atoms with van der Waals surface area (Å²) in [6, 6.07) is 3.02. The van der Waals surface area contributed by atoms with Crippen molar-refractivity contribution in [2.75, 3.05) is 12.0 Å². The molecule has 0 fully saturated rings. The van der Waals surface area contributed by atoms with E-state index in [1.165, 1.54) is 12.3 Å². The van der Waals surface area contributed by atoms with Gasteiger partial charge in [-0.05, 0) is 31.4 Å². The average molecular weight is 240 g/mol. The third-order valence-electron chi connectivity index (χ3n) is 2.17. The second kappa shape index (κ2) is 6.37. The van der Waals surface area contributed by atoms with Gasteiger partial charge in [-0.1, -0.05) is 0 Å². The van der Waals surface area contributed by atoms with E-state index in [1.54, 1.807) is 17.8 Å². The molecule has 5 heteroatoms. The van der Waals surface area contributed by atoms with Crippen LogP contribution >= 0.6 is 11.8 Å². The molecule has 0 aliphatic heterocycles. The summed E-state index contributed by atoms with van der Waals surface area (Å²) in [6.07, 6.45) is 4.44. The van der Waals surface area contributed by atoms with Crippen molar-refractivity contribution < 1.29 is 4.79 Å². The number of hydrogen-bond acceptors (Lipinski definition) is 3. The normalized spacial score (nSPS) is 12.1. The second-order valence-corrected chi connectivity index (χ2v) is 4.58. The first kappa shape index (κ1) is 12.8. The number of amides is 1. The first-order chi connectivity index (χ1) is 7.63. The molecule has 4 nitrogen and oxygen atoms in total. The molecule has 1 heterocycles. The Morgan fingerprint density at radius 1 is 1.62 bits per heavy atom. The van der Waals surface area contributed by atoms with Crippen LogP contribution in [0.4, 0.5) is 0 Å². The van der Waals surface area contributed by atoms with Crippen LogP contribution in [0.3, 0.4) is 0 Å². The van der Waals surface area contributed by atoms with Crippen LogP contribution < -0.4 is 10.9 Å². The highest BCUT2D eigenvalue weighted by Crippen LogP contribution is 2.01. The predicted molar refractivity (Wildman–Crippen MR) is 67.0 cm³/mol. The minimum Gasteiger partial charge on any atom is -0.350 e. The fourth-order valence-electron chi connectivity index (χ4n) is 1.26. The fourth-order valence-corrected chi connectivity index (χ4v) is 1.85. The van der Waals surface area contributed by atoms with Gasteiger partial charge in [-0.3, -0.25) is 9.59 Å². The Kier molecular flexibility index (Phi) is 5.11. The number of hydrogen-bond donors (Lipinski definition) is 2. The number of H-pyrrole nitrogens is 1. The molecule has 0 radical (unpaired) electrons. The van der Waals surface area contributed by atoms with E-state index in [4.69, 9.17) is 0 Å². The van der Waals surface area contributed by atoms with E-state index in [1.807, 2.05) is 13.2 Å². The van der Waals surface area contributed by atoms with E-state index in [2.05, 4.69) is 10.3 Å². The van der Waals surface area contributed by atoms with E-state index < -0.39 is 0 Å². The number of rotatable bonds is 5. The van der Waals surface area contributed by atoms with E-state index in [-0.39, 0.29) is 17.5 Å². The zero-order chi connectivity index (χ0) is 12.0. The Bertz CT molecular complexity index is 403. The zero-order valence-electron chi connectivity index (χ0n) is 9.45. The maximum absolute atomic E-state index is 11.7. The lowest BCUT2D eigenvalue weighted by Gasteiger charge is -2.12. The molecule has 0 aliphatic rings. The van der Waals surface area contributed by atoms with Crippen LogP contribution in [-0.4, -0.2) is 28.9 Å². The number of aromatic amines is 1. The highest BCUT2D eigenvalue weighted by Gasteiger charge is 2.09.